The fourth-order valence-corrected chi connectivity index (χ4v) is 3.34. The van der Waals surface area contributed by atoms with Crippen LogP contribution in [-0.4, -0.2) is 5.71 Å². The molecule has 0 bridgehead atoms. The van der Waals surface area contributed by atoms with E-state index in [2.05, 4.69) is 22.7 Å². The average Bonchev–Trinajstić information content (AvgIpc) is 2.63. The van der Waals surface area contributed by atoms with Crippen LogP contribution in [0.3, 0.4) is 0 Å². The molecule has 2 atom stereocenters. The van der Waals surface area contributed by atoms with Crippen LogP contribution in [0.5, 0.6) is 0 Å². The van der Waals surface area contributed by atoms with Crippen molar-refractivity contribution < 1.29 is 0 Å². The van der Waals surface area contributed by atoms with E-state index in [0.717, 1.165) is 12.8 Å². The zero-order chi connectivity index (χ0) is 12.7. The first-order chi connectivity index (χ1) is 8.65. The quantitative estimate of drug-likeness (QED) is 0.602. The third-order valence-electron chi connectivity index (χ3n) is 3.48. The van der Waals surface area contributed by atoms with Crippen molar-refractivity contribution >= 4 is 46.2 Å². The smallest absolute Gasteiger partial charge is 0.0935 e. The summed E-state index contributed by atoms with van der Waals surface area (Å²) < 4.78 is 0. The monoisotopic (exact) mass is 300 g/mol. The van der Waals surface area contributed by atoms with Crippen molar-refractivity contribution in [2.24, 2.45) is 16.9 Å². The fraction of sp³-hybridized carbons (Fsp3) is 0.308. The number of fused-ring (bicyclic) bond motifs is 1. The van der Waals surface area contributed by atoms with Crippen molar-refractivity contribution in [2.75, 3.05) is 5.43 Å². The Hall–Kier alpha value is -0.700. The number of hydrazone groups is 1. The molecule has 1 aromatic carbocycles. The SMILES string of the molecule is Clc1cc(Cl)c(N/N=C2\CC3C=CCC23)c(Cl)c1. The maximum absolute atomic E-state index is 6.08. The Kier molecular flexibility index (Phi) is 3.27. The molecule has 0 amide bonds. The molecule has 5 heteroatoms. The maximum Gasteiger partial charge on any atom is 0.0935 e. The molecule has 0 heterocycles. The minimum absolute atomic E-state index is 0.484. The van der Waals surface area contributed by atoms with E-state index in [1.165, 1.54) is 5.71 Å². The van der Waals surface area contributed by atoms with Crippen molar-refractivity contribution in [3.63, 3.8) is 0 Å². The molecule has 3 rings (SSSR count). The molecule has 94 valence electrons. The van der Waals surface area contributed by atoms with Crippen molar-refractivity contribution in [1.29, 1.82) is 0 Å². The van der Waals surface area contributed by atoms with Crippen LogP contribution in [0.25, 0.3) is 0 Å². The van der Waals surface area contributed by atoms with Crippen molar-refractivity contribution in [3.8, 4) is 0 Å². The van der Waals surface area contributed by atoms with Crippen molar-refractivity contribution in [2.45, 2.75) is 12.8 Å². The zero-order valence-electron chi connectivity index (χ0n) is 9.46. The van der Waals surface area contributed by atoms with Gasteiger partial charge in [0.15, 0.2) is 0 Å². The van der Waals surface area contributed by atoms with Crippen LogP contribution >= 0.6 is 34.8 Å². The second-order valence-corrected chi connectivity index (χ2v) is 5.85. The predicted octanol–water partition coefficient (Wildman–Crippen LogP) is 5.01. The highest BCUT2D eigenvalue weighted by atomic mass is 35.5. The number of allylic oxidation sites excluding steroid dienone is 2. The van der Waals surface area contributed by atoms with E-state index in [1.807, 2.05) is 0 Å². The van der Waals surface area contributed by atoms with Crippen molar-refractivity contribution in [3.05, 3.63) is 39.4 Å². The summed E-state index contributed by atoms with van der Waals surface area (Å²) >= 11 is 18.0. The van der Waals surface area contributed by atoms with Crippen LogP contribution in [0, 0.1) is 11.8 Å². The van der Waals surface area contributed by atoms with Gasteiger partial charge in [-0.3, -0.25) is 5.43 Å². The van der Waals surface area contributed by atoms with Gasteiger partial charge < -0.3 is 0 Å². The molecule has 1 fully saturated rings. The van der Waals surface area contributed by atoms with Crippen LogP contribution in [0.1, 0.15) is 12.8 Å². The first kappa shape index (κ1) is 12.3. The van der Waals surface area contributed by atoms with Gasteiger partial charge in [0.2, 0.25) is 0 Å². The molecule has 18 heavy (non-hydrogen) atoms. The number of nitrogens with one attached hydrogen (secondary N) is 1. The summed E-state index contributed by atoms with van der Waals surface area (Å²) in [5, 5.41) is 5.90. The standard InChI is InChI=1S/C13H11Cl3N2/c14-8-5-10(15)13(11(16)6-8)18-17-12-4-7-2-1-3-9(7)12/h1-2,5-7,9,18H,3-4H2/b17-12+. The summed E-state index contributed by atoms with van der Waals surface area (Å²) in [6.07, 6.45) is 6.61. The van der Waals surface area contributed by atoms with Gasteiger partial charge in [-0.15, -0.1) is 0 Å². The van der Waals surface area contributed by atoms with Gasteiger partial charge in [-0.1, -0.05) is 47.0 Å². The van der Waals surface area contributed by atoms with Gasteiger partial charge >= 0.3 is 0 Å². The topological polar surface area (TPSA) is 24.4 Å². The Morgan fingerprint density at radius 2 is 1.89 bits per heavy atom. The van der Waals surface area contributed by atoms with Crippen LogP contribution < -0.4 is 5.43 Å². The number of hydrogen-bond acceptors (Lipinski definition) is 2. The molecule has 0 saturated heterocycles. The number of rotatable bonds is 2. The third-order valence-corrected chi connectivity index (χ3v) is 4.30. The zero-order valence-corrected chi connectivity index (χ0v) is 11.7. The number of halogens is 3. The first-order valence-corrected chi connectivity index (χ1v) is 6.92. The minimum atomic E-state index is 0.484. The van der Waals surface area contributed by atoms with Gasteiger partial charge in [-0.2, -0.15) is 5.10 Å². The lowest BCUT2D eigenvalue weighted by atomic mass is 9.74. The summed E-state index contributed by atoms with van der Waals surface area (Å²) in [7, 11) is 0. The van der Waals surface area contributed by atoms with Gasteiger partial charge in [0.1, 0.15) is 0 Å². The van der Waals surface area contributed by atoms with Crippen molar-refractivity contribution in [1.82, 2.24) is 0 Å². The second-order valence-electron chi connectivity index (χ2n) is 4.60. The average molecular weight is 302 g/mol. The normalized spacial score (nSPS) is 27.2. The molecule has 0 aliphatic heterocycles. The van der Waals surface area contributed by atoms with Crippen LogP contribution in [-0.2, 0) is 0 Å². The highest BCUT2D eigenvalue weighted by Crippen LogP contribution is 2.41. The van der Waals surface area contributed by atoms with E-state index in [4.69, 9.17) is 34.8 Å². The van der Waals surface area contributed by atoms with E-state index in [0.29, 0.717) is 32.6 Å². The first-order valence-electron chi connectivity index (χ1n) is 5.79. The molecular weight excluding hydrogens is 291 g/mol. The molecule has 2 aliphatic carbocycles. The second kappa shape index (κ2) is 4.76. The number of benzene rings is 1. The van der Waals surface area contributed by atoms with Crippen LogP contribution in [0.4, 0.5) is 5.69 Å². The van der Waals surface area contributed by atoms with E-state index >= 15 is 0 Å². The molecule has 2 nitrogen and oxygen atoms in total. The summed E-state index contributed by atoms with van der Waals surface area (Å²) in [5.41, 5.74) is 4.76. The van der Waals surface area contributed by atoms with Gasteiger partial charge in [-0.05, 0) is 30.9 Å². The molecule has 1 saturated carbocycles. The Balaban J connectivity index is 1.76. The number of nitrogens with zero attached hydrogens (tertiary/aromatic N) is 1. The molecule has 1 aromatic rings. The lowest BCUT2D eigenvalue weighted by molar-refractivity contribution is 0.466. The van der Waals surface area contributed by atoms with E-state index < -0.39 is 0 Å². The van der Waals surface area contributed by atoms with E-state index in [9.17, 15) is 0 Å². The molecule has 2 aliphatic rings. The molecule has 0 radical (unpaired) electrons. The summed E-state index contributed by atoms with van der Waals surface area (Å²) in [4.78, 5) is 0. The van der Waals surface area contributed by atoms with Crippen LogP contribution in [0.15, 0.2) is 29.4 Å². The predicted molar refractivity (Wildman–Crippen MR) is 77.9 cm³/mol. The summed E-state index contributed by atoms with van der Waals surface area (Å²) in [6.45, 7) is 0. The Morgan fingerprint density at radius 1 is 1.17 bits per heavy atom. The van der Waals surface area contributed by atoms with Gasteiger partial charge in [0.05, 0.1) is 15.7 Å². The highest BCUT2D eigenvalue weighted by Gasteiger charge is 2.37. The molecule has 2 unspecified atom stereocenters. The van der Waals surface area contributed by atoms with Gasteiger partial charge in [0.25, 0.3) is 0 Å². The lowest BCUT2D eigenvalue weighted by Gasteiger charge is -2.32. The third kappa shape index (κ3) is 2.13. The number of hydrogen-bond donors (Lipinski definition) is 1. The minimum Gasteiger partial charge on any atom is -0.276 e. The van der Waals surface area contributed by atoms with Gasteiger partial charge in [0, 0.05) is 16.7 Å². The fourth-order valence-electron chi connectivity index (χ4n) is 2.44. The van der Waals surface area contributed by atoms with Gasteiger partial charge in [-0.25, -0.2) is 0 Å². The molecule has 0 spiro atoms. The lowest BCUT2D eigenvalue weighted by Crippen LogP contribution is -2.33. The van der Waals surface area contributed by atoms with Crippen LogP contribution in [0.2, 0.25) is 15.1 Å². The molecular formula is C13H11Cl3N2. The van der Waals surface area contributed by atoms with E-state index in [1.54, 1.807) is 12.1 Å². The Bertz CT molecular complexity index is 528. The largest absolute Gasteiger partial charge is 0.276 e. The van der Waals surface area contributed by atoms with E-state index in [-0.39, 0.29) is 0 Å². The number of anilines is 1. The Labute approximate surface area is 121 Å². The molecule has 1 N–H and O–H groups in total. The summed E-state index contributed by atoms with van der Waals surface area (Å²) in [5.74, 6) is 1.25. The highest BCUT2D eigenvalue weighted by molar-refractivity contribution is 6.41. The Morgan fingerprint density at radius 3 is 2.56 bits per heavy atom. The summed E-state index contributed by atoms with van der Waals surface area (Å²) in [6, 6.07) is 3.30. The maximum atomic E-state index is 6.08. The molecule has 0 aromatic heterocycles.